The molecule has 1 aromatic rings. The standard InChI is InChI=1S/C19H25N3O3/c1-14(17(23)21-19(13-20)11-5-4-6-12-19)25-18(24)15-7-9-16(10-8-15)22(2)3/h7-10,14H,4-6,11-12H2,1-3H3,(H,21,23)/t14-/m1/s1. The zero-order chi connectivity index (χ0) is 18.4. The lowest BCUT2D eigenvalue weighted by Crippen LogP contribution is -2.52. The van der Waals surface area contributed by atoms with Crippen LogP contribution in [0.5, 0.6) is 0 Å². The van der Waals surface area contributed by atoms with E-state index in [2.05, 4.69) is 11.4 Å². The first kappa shape index (κ1) is 18.8. The van der Waals surface area contributed by atoms with Gasteiger partial charge in [-0.25, -0.2) is 4.79 Å². The Labute approximate surface area is 148 Å². The highest BCUT2D eigenvalue weighted by atomic mass is 16.5. The van der Waals surface area contributed by atoms with Gasteiger partial charge in [0.1, 0.15) is 5.54 Å². The highest BCUT2D eigenvalue weighted by molar-refractivity contribution is 5.92. The number of anilines is 1. The van der Waals surface area contributed by atoms with E-state index in [0.717, 1.165) is 24.9 Å². The van der Waals surface area contributed by atoms with Crippen molar-refractivity contribution >= 4 is 17.6 Å². The van der Waals surface area contributed by atoms with Gasteiger partial charge in [0.2, 0.25) is 0 Å². The molecule has 0 spiro atoms. The first-order valence-corrected chi connectivity index (χ1v) is 8.58. The minimum Gasteiger partial charge on any atom is -0.449 e. The average molecular weight is 343 g/mol. The van der Waals surface area contributed by atoms with Crippen molar-refractivity contribution in [3.63, 3.8) is 0 Å². The van der Waals surface area contributed by atoms with Crippen molar-refractivity contribution in [2.75, 3.05) is 19.0 Å². The Hall–Kier alpha value is -2.55. The Kier molecular flexibility index (Phi) is 6.02. The Morgan fingerprint density at radius 2 is 1.80 bits per heavy atom. The van der Waals surface area contributed by atoms with Gasteiger partial charge in [0.15, 0.2) is 6.10 Å². The average Bonchev–Trinajstić information content (AvgIpc) is 2.62. The summed E-state index contributed by atoms with van der Waals surface area (Å²) >= 11 is 0. The molecule has 1 N–H and O–H groups in total. The van der Waals surface area contributed by atoms with E-state index in [0.29, 0.717) is 18.4 Å². The molecule has 134 valence electrons. The molecule has 0 heterocycles. The van der Waals surface area contributed by atoms with Gasteiger partial charge in [-0.05, 0) is 44.0 Å². The van der Waals surface area contributed by atoms with Crippen LogP contribution in [0.1, 0.15) is 49.4 Å². The Balaban J connectivity index is 1.95. The van der Waals surface area contributed by atoms with Crippen LogP contribution in [0.4, 0.5) is 5.69 Å². The van der Waals surface area contributed by atoms with Gasteiger partial charge >= 0.3 is 5.97 Å². The molecule has 6 heteroatoms. The molecule has 0 bridgehead atoms. The smallest absolute Gasteiger partial charge is 0.338 e. The Bertz CT molecular complexity index is 655. The third-order valence-electron chi connectivity index (χ3n) is 4.56. The Morgan fingerprint density at radius 3 is 2.32 bits per heavy atom. The second-order valence-corrected chi connectivity index (χ2v) is 6.73. The molecule has 1 saturated carbocycles. The molecule has 25 heavy (non-hydrogen) atoms. The predicted octanol–water partition coefficient (Wildman–Crippen LogP) is 2.64. The van der Waals surface area contributed by atoms with Crippen molar-refractivity contribution in [1.82, 2.24) is 5.32 Å². The number of nitrogens with one attached hydrogen (secondary N) is 1. The Morgan fingerprint density at radius 1 is 1.20 bits per heavy atom. The number of nitriles is 1. The van der Waals surface area contributed by atoms with Gasteiger partial charge in [-0.2, -0.15) is 5.26 Å². The van der Waals surface area contributed by atoms with Gasteiger partial charge in [-0.1, -0.05) is 19.3 Å². The SMILES string of the molecule is C[C@@H](OC(=O)c1ccc(N(C)C)cc1)C(=O)NC1(C#N)CCCCC1. The van der Waals surface area contributed by atoms with E-state index in [9.17, 15) is 14.9 Å². The molecule has 0 aromatic heterocycles. The van der Waals surface area contributed by atoms with E-state index in [1.807, 2.05) is 31.1 Å². The van der Waals surface area contributed by atoms with E-state index < -0.39 is 23.5 Å². The number of hydrogen-bond donors (Lipinski definition) is 1. The molecule has 0 radical (unpaired) electrons. The van der Waals surface area contributed by atoms with Crippen LogP contribution in [0.3, 0.4) is 0 Å². The number of carbonyl (C=O) groups is 2. The molecule has 0 aliphatic heterocycles. The van der Waals surface area contributed by atoms with Crippen molar-refractivity contribution in [3.05, 3.63) is 29.8 Å². The fourth-order valence-electron chi connectivity index (χ4n) is 2.94. The minimum absolute atomic E-state index is 0.387. The molecule has 1 amide bonds. The maximum absolute atomic E-state index is 12.3. The van der Waals surface area contributed by atoms with E-state index in [1.54, 1.807) is 12.1 Å². The fourth-order valence-corrected chi connectivity index (χ4v) is 2.94. The second-order valence-electron chi connectivity index (χ2n) is 6.73. The van der Waals surface area contributed by atoms with Crippen LogP contribution >= 0.6 is 0 Å². The minimum atomic E-state index is -0.951. The second kappa shape index (κ2) is 8.02. The molecule has 0 unspecified atom stereocenters. The summed E-state index contributed by atoms with van der Waals surface area (Å²) in [5, 5.41) is 12.2. The third kappa shape index (κ3) is 4.72. The molecule has 6 nitrogen and oxygen atoms in total. The molecule has 1 fully saturated rings. The molecule has 0 saturated heterocycles. The third-order valence-corrected chi connectivity index (χ3v) is 4.56. The molecule has 1 aliphatic rings. The van der Waals surface area contributed by atoms with Crippen LogP contribution in [0.2, 0.25) is 0 Å². The molecule has 1 aliphatic carbocycles. The quantitative estimate of drug-likeness (QED) is 0.831. The number of rotatable bonds is 5. The van der Waals surface area contributed by atoms with Gasteiger partial charge < -0.3 is 15.0 Å². The van der Waals surface area contributed by atoms with Gasteiger partial charge in [0.25, 0.3) is 5.91 Å². The van der Waals surface area contributed by atoms with Crippen molar-refractivity contribution in [2.24, 2.45) is 0 Å². The van der Waals surface area contributed by atoms with Crippen molar-refractivity contribution in [2.45, 2.75) is 50.7 Å². The van der Waals surface area contributed by atoms with Crippen LogP contribution in [-0.2, 0) is 9.53 Å². The largest absolute Gasteiger partial charge is 0.449 e. The molecular formula is C19H25N3O3. The van der Waals surface area contributed by atoms with Crippen LogP contribution in [0.15, 0.2) is 24.3 Å². The summed E-state index contributed by atoms with van der Waals surface area (Å²) in [5.41, 5.74) is 0.525. The summed E-state index contributed by atoms with van der Waals surface area (Å²) in [7, 11) is 3.83. The number of ether oxygens (including phenoxy) is 1. The van der Waals surface area contributed by atoms with Crippen molar-refractivity contribution in [1.29, 1.82) is 5.26 Å². The van der Waals surface area contributed by atoms with Crippen LogP contribution in [0.25, 0.3) is 0 Å². The summed E-state index contributed by atoms with van der Waals surface area (Å²) < 4.78 is 5.26. The maximum atomic E-state index is 12.3. The number of nitrogens with zero attached hydrogens (tertiary/aromatic N) is 2. The zero-order valence-electron chi connectivity index (χ0n) is 15.0. The first-order chi connectivity index (χ1) is 11.9. The van der Waals surface area contributed by atoms with Crippen LogP contribution in [-0.4, -0.2) is 37.6 Å². The van der Waals surface area contributed by atoms with E-state index in [4.69, 9.17) is 4.74 Å². The predicted molar refractivity (Wildman–Crippen MR) is 95.2 cm³/mol. The summed E-state index contributed by atoms with van der Waals surface area (Å²) in [6, 6.07) is 9.19. The van der Waals surface area contributed by atoms with Crippen molar-refractivity contribution in [3.8, 4) is 6.07 Å². The maximum Gasteiger partial charge on any atom is 0.338 e. The summed E-state index contributed by atoms with van der Waals surface area (Å²) in [4.78, 5) is 26.5. The van der Waals surface area contributed by atoms with E-state index in [1.165, 1.54) is 6.92 Å². The van der Waals surface area contributed by atoms with Crippen LogP contribution in [0, 0.1) is 11.3 Å². The summed E-state index contributed by atoms with van der Waals surface area (Å²) in [6.45, 7) is 1.52. The van der Waals surface area contributed by atoms with Gasteiger partial charge in [-0.15, -0.1) is 0 Å². The highest BCUT2D eigenvalue weighted by Gasteiger charge is 2.35. The number of amides is 1. The number of esters is 1. The number of benzene rings is 1. The summed E-state index contributed by atoms with van der Waals surface area (Å²) in [6.07, 6.45) is 3.24. The topological polar surface area (TPSA) is 82.4 Å². The first-order valence-electron chi connectivity index (χ1n) is 8.58. The molecule has 2 rings (SSSR count). The lowest BCUT2D eigenvalue weighted by molar-refractivity contribution is -0.130. The monoisotopic (exact) mass is 343 g/mol. The van der Waals surface area contributed by atoms with E-state index >= 15 is 0 Å². The van der Waals surface area contributed by atoms with Gasteiger partial charge in [0, 0.05) is 19.8 Å². The van der Waals surface area contributed by atoms with Crippen molar-refractivity contribution < 1.29 is 14.3 Å². The molecule has 1 atom stereocenters. The molecular weight excluding hydrogens is 318 g/mol. The lowest BCUT2D eigenvalue weighted by Gasteiger charge is -2.32. The van der Waals surface area contributed by atoms with E-state index in [-0.39, 0.29) is 0 Å². The van der Waals surface area contributed by atoms with Gasteiger partial charge in [-0.3, -0.25) is 4.79 Å². The fraction of sp³-hybridized carbons (Fsp3) is 0.526. The highest BCUT2D eigenvalue weighted by Crippen LogP contribution is 2.27. The summed E-state index contributed by atoms with van der Waals surface area (Å²) in [5.74, 6) is -0.982. The zero-order valence-corrected chi connectivity index (χ0v) is 15.0. The molecule has 1 aromatic carbocycles. The number of hydrogen-bond acceptors (Lipinski definition) is 5. The van der Waals surface area contributed by atoms with Gasteiger partial charge in [0.05, 0.1) is 11.6 Å². The number of carbonyl (C=O) groups excluding carboxylic acids is 2. The normalized spacial score (nSPS) is 17.0. The van der Waals surface area contributed by atoms with Crippen LogP contribution < -0.4 is 10.2 Å². The lowest BCUT2D eigenvalue weighted by atomic mass is 9.83.